The number of sulfonamides is 1. The van der Waals surface area contributed by atoms with E-state index < -0.39 is 10.0 Å². The minimum Gasteiger partial charge on any atom is -0.370 e. The van der Waals surface area contributed by atoms with Gasteiger partial charge in [0.05, 0.1) is 4.90 Å². The van der Waals surface area contributed by atoms with Crippen molar-refractivity contribution in [3.05, 3.63) is 18.3 Å². The summed E-state index contributed by atoms with van der Waals surface area (Å²) < 4.78 is 27.2. The topological polar surface area (TPSA) is 71.1 Å². The van der Waals surface area contributed by atoms with Gasteiger partial charge in [-0.05, 0) is 39.2 Å². The molecule has 2 N–H and O–H groups in total. The molecule has 100 valence electrons. The van der Waals surface area contributed by atoms with Gasteiger partial charge in [-0.25, -0.2) is 18.1 Å². The molecule has 1 aromatic heterocycles. The van der Waals surface area contributed by atoms with Crippen molar-refractivity contribution in [1.82, 2.24) is 9.71 Å². The first-order chi connectivity index (χ1) is 8.45. The molecule has 0 atom stereocenters. The van der Waals surface area contributed by atoms with E-state index in [1.165, 1.54) is 12.3 Å². The summed E-state index contributed by atoms with van der Waals surface area (Å²) in [5.74, 6) is 0.583. The van der Waals surface area contributed by atoms with Gasteiger partial charge in [-0.3, -0.25) is 0 Å². The van der Waals surface area contributed by atoms with E-state index in [0.29, 0.717) is 12.4 Å². The van der Waals surface area contributed by atoms with E-state index in [0.717, 1.165) is 19.3 Å². The van der Waals surface area contributed by atoms with Crippen LogP contribution in [-0.2, 0) is 10.0 Å². The molecule has 0 radical (unpaired) electrons. The van der Waals surface area contributed by atoms with Gasteiger partial charge < -0.3 is 5.32 Å². The van der Waals surface area contributed by atoms with Crippen LogP contribution in [0.4, 0.5) is 5.82 Å². The van der Waals surface area contributed by atoms with Gasteiger partial charge in [-0.15, -0.1) is 0 Å². The maximum atomic E-state index is 12.2. The molecule has 1 aromatic rings. The maximum absolute atomic E-state index is 12.2. The van der Waals surface area contributed by atoms with Crippen molar-refractivity contribution >= 4 is 15.8 Å². The van der Waals surface area contributed by atoms with E-state index in [-0.39, 0.29) is 10.4 Å². The van der Waals surface area contributed by atoms with Crippen molar-refractivity contribution < 1.29 is 8.42 Å². The molecule has 2 rings (SSSR count). The third-order valence-electron chi connectivity index (χ3n) is 3.24. The van der Waals surface area contributed by atoms with E-state index in [1.807, 2.05) is 13.8 Å². The summed E-state index contributed by atoms with van der Waals surface area (Å²) in [6.07, 6.45) is 4.39. The molecule has 5 nitrogen and oxygen atoms in total. The minimum atomic E-state index is -3.45. The van der Waals surface area contributed by atoms with Crippen LogP contribution in [0.25, 0.3) is 0 Å². The molecular formula is C12H19N3O2S. The minimum absolute atomic E-state index is 0.265. The highest BCUT2D eigenvalue weighted by Crippen LogP contribution is 2.32. The Hall–Kier alpha value is -1.14. The number of hydrogen-bond acceptors (Lipinski definition) is 4. The van der Waals surface area contributed by atoms with Crippen molar-refractivity contribution in [2.75, 3.05) is 11.9 Å². The second kappa shape index (κ2) is 4.85. The summed E-state index contributed by atoms with van der Waals surface area (Å²) in [6.45, 7) is 4.60. The quantitative estimate of drug-likeness (QED) is 0.854. The predicted molar refractivity (Wildman–Crippen MR) is 71.0 cm³/mol. The third kappa shape index (κ3) is 2.81. The lowest BCUT2D eigenvalue weighted by molar-refractivity contribution is 0.248. The second-order valence-electron chi connectivity index (χ2n) is 4.93. The third-order valence-corrected chi connectivity index (χ3v) is 4.87. The Morgan fingerprint density at radius 1 is 1.44 bits per heavy atom. The zero-order valence-corrected chi connectivity index (χ0v) is 11.5. The largest absolute Gasteiger partial charge is 0.370 e. The van der Waals surface area contributed by atoms with Gasteiger partial charge in [0.1, 0.15) is 5.82 Å². The Morgan fingerprint density at radius 2 is 2.17 bits per heavy atom. The number of aromatic nitrogens is 1. The monoisotopic (exact) mass is 269 g/mol. The summed E-state index contributed by atoms with van der Waals surface area (Å²) in [7, 11) is -3.45. The molecule has 0 spiro atoms. The first-order valence-corrected chi connectivity index (χ1v) is 7.67. The normalized spacial score (nSPS) is 18.1. The molecule has 1 saturated carbocycles. The SMILES string of the molecule is CCNc1cc(S(=O)(=O)NC2(C)CCC2)ccn1. The lowest BCUT2D eigenvalue weighted by Gasteiger charge is -2.38. The maximum Gasteiger partial charge on any atom is 0.241 e. The van der Waals surface area contributed by atoms with Crippen LogP contribution in [0.1, 0.15) is 33.1 Å². The van der Waals surface area contributed by atoms with Gasteiger partial charge in [0.2, 0.25) is 10.0 Å². The molecule has 18 heavy (non-hydrogen) atoms. The van der Waals surface area contributed by atoms with Gasteiger partial charge in [-0.2, -0.15) is 0 Å². The number of anilines is 1. The van der Waals surface area contributed by atoms with E-state index >= 15 is 0 Å². The molecule has 0 aliphatic heterocycles. The molecule has 0 saturated heterocycles. The van der Waals surface area contributed by atoms with Crippen LogP contribution in [0.5, 0.6) is 0 Å². The fourth-order valence-corrected chi connectivity index (χ4v) is 3.53. The van der Waals surface area contributed by atoms with Crippen molar-refractivity contribution in [2.45, 2.75) is 43.5 Å². The molecule has 0 aromatic carbocycles. The van der Waals surface area contributed by atoms with Crippen LogP contribution in [-0.4, -0.2) is 25.5 Å². The average Bonchev–Trinajstić information content (AvgIpc) is 2.27. The van der Waals surface area contributed by atoms with Crippen molar-refractivity contribution in [3.8, 4) is 0 Å². The average molecular weight is 269 g/mol. The van der Waals surface area contributed by atoms with Crippen LogP contribution in [0.15, 0.2) is 23.2 Å². The Morgan fingerprint density at radius 3 is 2.72 bits per heavy atom. The van der Waals surface area contributed by atoms with E-state index in [4.69, 9.17) is 0 Å². The lowest BCUT2D eigenvalue weighted by atomic mass is 9.80. The molecule has 1 aliphatic rings. The number of pyridine rings is 1. The lowest BCUT2D eigenvalue weighted by Crippen LogP contribution is -2.50. The number of nitrogens with one attached hydrogen (secondary N) is 2. The summed E-state index contributed by atoms with van der Waals surface area (Å²) >= 11 is 0. The van der Waals surface area contributed by atoms with E-state index in [2.05, 4.69) is 15.0 Å². The summed E-state index contributed by atoms with van der Waals surface area (Å²) in [5.41, 5.74) is -0.277. The van der Waals surface area contributed by atoms with Crippen molar-refractivity contribution in [1.29, 1.82) is 0 Å². The Labute approximate surface area is 108 Å². The second-order valence-corrected chi connectivity index (χ2v) is 6.61. The van der Waals surface area contributed by atoms with E-state index in [9.17, 15) is 8.42 Å². The van der Waals surface area contributed by atoms with Gasteiger partial charge in [0.15, 0.2) is 0 Å². The fourth-order valence-electron chi connectivity index (χ4n) is 2.05. The molecule has 1 aliphatic carbocycles. The predicted octanol–water partition coefficient (Wildman–Crippen LogP) is 1.73. The Kier molecular flexibility index (Phi) is 3.59. The van der Waals surface area contributed by atoms with Crippen LogP contribution >= 0.6 is 0 Å². The highest BCUT2D eigenvalue weighted by molar-refractivity contribution is 7.89. The van der Waals surface area contributed by atoms with Crippen LogP contribution in [0.3, 0.4) is 0 Å². The van der Waals surface area contributed by atoms with Gasteiger partial charge in [-0.1, -0.05) is 0 Å². The molecule has 1 fully saturated rings. The molecule has 0 unspecified atom stereocenters. The summed E-state index contributed by atoms with van der Waals surface area (Å²) in [6, 6.07) is 3.08. The Bertz CT molecular complexity index is 524. The van der Waals surface area contributed by atoms with Gasteiger partial charge >= 0.3 is 0 Å². The van der Waals surface area contributed by atoms with Crippen LogP contribution < -0.4 is 10.0 Å². The standard InChI is InChI=1S/C12H19N3O2S/c1-3-13-11-9-10(5-8-14-11)18(16,17)15-12(2)6-4-7-12/h5,8-9,15H,3-4,6-7H2,1-2H3,(H,13,14). The van der Waals surface area contributed by atoms with Crippen molar-refractivity contribution in [2.24, 2.45) is 0 Å². The summed E-state index contributed by atoms with van der Waals surface area (Å²) in [4.78, 5) is 4.34. The van der Waals surface area contributed by atoms with Gasteiger partial charge in [0, 0.05) is 24.3 Å². The number of hydrogen-bond donors (Lipinski definition) is 2. The zero-order valence-electron chi connectivity index (χ0n) is 10.7. The van der Waals surface area contributed by atoms with Crippen LogP contribution in [0, 0.1) is 0 Å². The highest BCUT2D eigenvalue weighted by Gasteiger charge is 2.36. The summed E-state index contributed by atoms with van der Waals surface area (Å²) in [5, 5.41) is 3.01. The van der Waals surface area contributed by atoms with Crippen molar-refractivity contribution in [3.63, 3.8) is 0 Å². The van der Waals surface area contributed by atoms with Gasteiger partial charge in [0.25, 0.3) is 0 Å². The molecule has 0 bridgehead atoms. The highest BCUT2D eigenvalue weighted by atomic mass is 32.2. The molecular weight excluding hydrogens is 250 g/mol. The number of nitrogens with zero attached hydrogens (tertiary/aromatic N) is 1. The number of rotatable bonds is 5. The molecule has 0 amide bonds. The van der Waals surface area contributed by atoms with E-state index in [1.54, 1.807) is 6.07 Å². The molecule has 1 heterocycles. The first-order valence-electron chi connectivity index (χ1n) is 6.19. The fraction of sp³-hybridized carbons (Fsp3) is 0.583. The van der Waals surface area contributed by atoms with Crippen LogP contribution in [0.2, 0.25) is 0 Å². The molecule has 6 heteroatoms. The first kappa shape index (κ1) is 13.3. The smallest absolute Gasteiger partial charge is 0.241 e. The Balaban J connectivity index is 2.21. The zero-order chi connectivity index (χ0) is 13.2.